The molecule has 0 radical (unpaired) electrons. The van der Waals surface area contributed by atoms with Crippen molar-refractivity contribution in [2.45, 2.75) is 44.6 Å². The van der Waals surface area contributed by atoms with Gasteiger partial charge in [0.1, 0.15) is 18.5 Å². The third-order valence-electron chi connectivity index (χ3n) is 8.27. The van der Waals surface area contributed by atoms with E-state index in [1.165, 1.54) is 35.2 Å². The van der Waals surface area contributed by atoms with Crippen molar-refractivity contribution >= 4 is 41.0 Å². The number of aromatic nitrogens is 2. The molecule has 2 N–H and O–H groups in total. The quantitative estimate of drug-likeness (QED) is 0.231. The van der Waals surface area contributed by atoms with Gasteiger partial charge in [0.05, 0.1) is 6.61 Å². The Morgan fingerprint density at radius 1 is 1.04 bits per heavy atom. The summed E-state index contributed by atoms with van der Waals surface area (Å²) >= 11 is 0. The number of nitrogens with one attached hydrogen (secondary N) is 2. The number of amides is 3. The molecule has 3 amide bonds. The molecule has 4 aromatic rings. The summed E-state index contributed by atoms with van der Waals surface area (Å²) in [5.41, 5.74) is 1.42. The van der Waals surface area contributed by atoms with Gasteiger partial charge >= 0.3 is 17.7 Å². The molecule has 0 bridgehead atoms. The number of morpholine rings is 1. The van der Waals surface area contributed by atoms with Gasteiger partial charge in [-0.3, -0.25) is 28.7 Å². The molecule has 2 aliphatic heterocycles. The lowest BCUT2D eigenvalue weighted by Crippen LogP contribution is -2.56. The number of rotatable bonds is 10. The number of H-pyrrole nitrogens is 1. The van der Waals surface area contributed by atoms with Crippen molar-refractivity contribution < 1.29 is 47.1 Å². The molecular formula is C35H32FN5O10. The zero-order chi connectivity index (χ0) is 36.1. The number of ether oxygens (including phenoxy) is 3. The average molecular weight is 702 g/mol. The molecule has 3 heterocycles. The van der Waals surface area contributed by atoms with Crippen LogP contribution in [0.2, 0.25) is 0 Å². The van der Waals surface area contributed by atoms with Gasteiger partial charge in [-0.1, -0.05) is 35.5 Å². The van der Waals surface area contributed by atoms with Gasteiger partial charge in [0.25, 0.3) is 17.7 Å². The zero-order valence-electron chi connectivity index (χ0n) is 27.2. The molecule has 2 fully saturated rings. The fraction of sp³-hybridized carbons (Fsp3) is 0.286. The number of carbonyl (C=O) groups is 5. The third kappa shape index (κ3) is 8.02. The maximum Gasteiger partial charge on any atom is 0.439 e. The molecule has 1 aromatic heterocycles. The van der Waals surface area contributed by atoms with Crippen molar-refractivity contribution in [2.24, 2.45) is 0 Å². The number of hydrogen-bond acceptors (Lipinski definition) is 11. The summed E-state index contributed by atoms with van der Waals surface area (Å²) in [5, 5.41) is 6.17. The van der Waals surface area contributed by atoms with Crippen LogP contribution in [-0.2, 0) is 40.0 Å². The lowest BCUT2D eigenvalue weighted by atomic mass is 10.1. The standard InChI is InChI=1S/C35H32FN5O10/c1-20(42)50-28(31(43)37-25-11-9-22(10-12-25)30-38-35(47)51-39-30)29-33(45)40(14-15-48-29)26-17-23(16-24(36)18-26)32(44)41-13-5-8-27(41)34(46)49-19-21-6-3-2-4-7-21/h2-4,6-7,9-12,16-18,27-29H,5,8,13-15,19H2,1H3,(H,37,43)(H,38,39,47)/t27-,28+,29+/m0/s1. The highest BCUT2D eigenvalue weighted by atomic mass is 19.1. The molecule has 0 aliphatic carbocycles. The molecule has 16 heteroatoms. The zero-order valence-corrected chi connectivity index (χ0v) is 27.2. The SMILES string of the molecule is CC(=O)O[C@@H](C(=O)Nc1ccc(-c2noc(=O)[nH]2)cc1)[C@H]1OCCN(c2cc(F)cc(C(=O)N3CCC[C@H]3C(=O)OCc3ccccc3)c2)C1=O. The number of halogens is 1. The topological polar surface area (TPSA) is 190 Å². The van der Waals surface area contributed by atoms with E-state index in [-0.39, 0.29) is 49.1 Å². The van der Waals surface area contributed by atoms with Gasteiger partial charge in [-0.05, 0) is 60.9 Å². The van der Waals surface area contributed by atoms with Crippen molar-refractivity contribution in [3.8, 4) is 11.4 Å². The predicted molar refractivity (Wildman–Crippen MR) is 176 cm³/mol. The van der Waals surface area contributed by atoms with Crippen molar-refractivity contribution in [2.75, 3.05) is 29.9 Å². The lowest BCUT2D eigenvalue weighted by molar-refractivity contribution is -0.167. The van der Waals surface area contributed by atoms with Crippen LogP contribution in [0.4, 0.5) is 15.8 Å². The highest BCUT2D eigenvalue weighted by Crippen LogP contribution is 2.28. The van der Waals surface area contributed by atoms with Crippen LogP contribution in [0.15, 0.2) is 82.1 Å². The highest BCUT2D eigenvalue weighted by Gasteiger charge is 2.43. The Bertz CT molecular complexity index is 2000. The summed E-state index contributed by atoms with van der Waals surface area (Å²) in [5.74, 6) is -5.16. The summed E-state index contributed by atoms with van der Waals surface area (Å²) in [4.78, 5) is 82.0. The molecule has 0 saturated carbocycles. The van der Waals surface area contributed by atoms with E-state index < -0.39 is 59.5 Å². The van der Waals surface area contributed by atoms with Crippen LogP contribution in [0, 0.1) is 5.82 Å². The summed E-state index contributed by atoms with van der Waals surface area (Å²) in [6.45, 7) is 1.16. The first-order valence-electron chi connectivity index (χ1n) is 16.0. The second-order valence-electron chi connectivity index (χ2n) is 11.8. The van der Waals surface area contributed by atoms with Crippen molar-refractivity contribution in [3.63, 3.8) is 0 Å². The Kier molecular flexibility index (Phi) is 10.3. The van der Waals surface area contributed by atoms with E-state index >= 15 is 4.39 Å². The Hall–Kier alpha value is -6.16. The van der Waals surface area contributed by atoms with Crippen molar-refractivity contribution in [3.05, 3.63) is 100 Å². The summed E-state index contributed by atoms with van der Waals surface area (Å²) in [7, 11) is 0. The molecule has 15 nitrogen and oxygen atoms in total. The molecule has 51 heavy (non-hydrogen) atoms. The fourth-order valence-corrected chi connectivity index (χ4v) is 5.89. The van der Waals surface area contributed by atoms with E-state index in [1.54, 1.807) is 0 Å². The Labute approximate surface area is 289 Å². The summed E-state index contributed by atoms with van der Waals surface area (Å²) in [6, 6.07) is 17.7. The molecular weight excluding hydrogens is 669 g/mol. The molecule has 6 rings (SSSR count). The minimum atomic E-state index is -1.74. The molecule has 2 saturated heterocycles. The number of esters is 2. The average Bonchev–Trinajstić information content (AvgIpc) is 3.80. The van der Waals surface area contributed by atoms with Crippen molar-refractivity contribution in [1.82, 2.24) is 15.0 Å². The van der Waals surface area contributed by atoms with E-state index in [2.05, 4.69) is 20.0 Å². The van der Waals surface area contributed by atoms with E-state index in [4.69, 9.17) is 14.2 Å². The largest absolute Gasteiger partial charge is 0.459 e. The highest BCUT2D eigenvalue weighted by molar-refractivity contribution is 6.05. The van der Waals surface area contributed by atoms with E-state index in [0.717, 1.165) is 29.5 Å². The molecule has 264 valence electrons. The number of aromatic amines is 1. The van der Waals surface area contributed by atoms with Gasteiger partial charge in [0, 0.05) is 42.5 Å². The number of hydrogen-bond donors (Lipinski definition) is 2. The van der Waals surface area contributed by atoms with E-state index in [1.807, 2.05) is 30.3 Å². The Morgan fingerprint density at radius 2 is 1.80 bits per heavy atom. The van der Waals surface area contributed by atoms with Crippen LogP contribution in [0.1, 0.15) is 35.7 Å². The van der Waals surface area contributed by atoms with Gasteiger partial charge in [0.2, 0.25) is 6.10 Å². The first-order chi connectivity index (χ1) is 24.6. The predicted octanol–water partition coefficient (Wildman–Crippen LogP) is 2.82. The monoisotopic (exact) mass is 701 g/mol. The number of carbonyl (C=O) groups excluding carboxylic acids is 5. The van der Waals surface area contributed by atoms with Crippen LogP contribution in [0.5, 0.6) is 0 Å². The Morgan fingerprint density at radius 3 is 2.51 bits per heavy atom. The van der Waals surface area contributed by atoms with Gasteiger partial charge in [0.15, 0.2) is 11.9 Å². The first kappa shape index (κ1) is 34.7. The van der Waals surface area contributed by atoms with E-state index in [0.29, 0.717) is 18.4 Å². The van der Waals surface area contributed by atoms with Crippen LogP contribution < -0.4 is 16.0 Å². The summed E-state index contributed by atoms with van der Waals surface area (Å²) in [6.07, 6.45) is -2.45. The lowest BCUT2D eigenvalue weighted by Gasteiger charge is -2.35. The van der Waals surface area contributed by atoms with Crippen LogP contribution in [-0.4, -0.2) is 82.6 Å². The normalized spacial score (nSPS) is 17.9. The smallest absolute Gasteiger partial charge is 0.439 e. The van der Waals surface area contributed by atoms with Crippen LogP contribution in [0.25, 0.3) is 11.4 Å². The second kappa shape index (κ2) is 15.2. The van der Waals surface area contributed by atoms with E-state index in [9.17, 15) is 28.8 Å². The Balaban J connectivity index is 1.16. The maximum absolute atomic E-state index is 15.1. The van der Waals surface area contributed by atoms with Crippen molar-refractivity contribution in [1.29, 1.82) is 0 Å². The van der Waals surface area contributed by atoms with Gasteiger partial charge in [-0.25, -0.2) is 14.0 Å². The number of benzene rings is 3. The summed E-state index contributed by atoms with van der Waals surface area (Å²) < 4.78 is 35.9. The molecule has 3 atom stereocenters. The molecule has 3 aromatic carbocycles. The van der Waals surface area contributed by atoms with Crippen LogP contribution >= 0.6 is 0 Å². The number of likely N-dealkylation sites (tertiary alicyclic amines) is 1. The molecule has 0 unspecified atom stereocenters. The number of anilines is 2. The third-order valence-corrected chi connectivity index (χ3v) is 8.27. The van der Waals surface area contributed by atoms with Gasteiger partial charge < -0.3 is 29.3 Å². The van der Waals surface area contributed by atoms with Gasteiger partial charge in [-0.15, -0.1) is 0 Å². The molecule has 0 spiro atoms. The minimum Gasteiger partial charge on any atom is -0.459 e. The van der Waals surface area contributed by atoms with Crippen LogP contribution in [0.3, 0.4) is 0 Å². The second-order valence-corrected chi connectivity index (χ2v) is 11.8. The van der Waals surface area contributed by atoms with Gasteiger partial charge in [-0.2, -0.15) is 0 Å². The molecule has 2 aliphatic rings. The fourth-order valence-electron chi connectivity index (χ4n) is 5.89. The first-order valence-corrected chi connectivity index (χ1v) is 16.0. The maximum atomic E-state index is 15.1. The number of nitrogens with zero attached hydrogens (tertiary/aromatic N) is 3. The minimum absolute atomic E-state index is 0.00233.